The minimum atomic E-state index is 0.517. The number of pyridine rings is 1. The standard InChI is InChI=1S/C13H17N3O/c1-16(9-12-4-2-3-6-15-12)10-13-11(8-14)5-7-17-13/h2-7H,8-10,14H2,1H3. The highest BCUT2D eigenvalue weighted by Gasteiger charge is 2.08. The summed E-state index contributed by atoms with van der Waals surface area (Å²) in [4.78, 5) is 6.45. The lowest BCUT2D eigenvalue weighted by molar-refractivity contribution is 0.283. The molecule has 0 saturated carbocycles. The summed E-state index contributed by atoms with van der Waals surface area (Å²) < 4.78 is 5.42. The minimum absolute atomic E-state index is 0.517. The van der Waals surface area contributed by atoms with E-state index in [4.69, 9.17) is 10.2 Å². The molecule has 17 heavy (non-hydrogen) atoms. The third-order valence-electron chi connectivity index (χ3n) is 2.63. The largest absolute Gasteiger partial charge is 0.468 e. The molecule has 0 amide bonds. The van der Waals surface area contributed by atoms with Gasteiger partial charge in [-0.15, -0.1) is 0 Å². The van der Waals surface area contributed by atoms with E-state index in [1.165, 1.54) is 0 Å². The zero-order chi connectivity index (χ0) is 12.1. The molecule has 90 valence electrons. The molecule has 0 aliphatic heterocycles. The number of hydrogen-bond acceptors (Lipinski definition) is 4. The first kappa shape index (κ1) is 11.8. The number of aromatic nitrogens is 1. The van der Waals surface area contributed by atoms with E-state index in [9.17, 15) is 0 Å². The zero-order valence-corrected chi connectivity index (χ0v) is 9.97. The molecule has 4 nitrogen and oxygen atoms in total. The van der Waals surface area contributed by atoms with Gasteiger partial charge in [0.1, 0.15) is 5.76 Å². The van der Waals surface area contributed by atoms with Gasteiger partial charge in [-0.05, 0) is 25.2 Å². The van der Waals surface area contributed by atoms with Gasteiger partial charge >= 0.3 is 0 Å². The van der Waals surface area contributed by atoms with Crippen molar-refractivity contribution in [3.8, 4) is 0 Å². The van der Waals surface area contributed by atoms with Crippen LogP contribution < -0.4 is 5.73 Å². The molecule has 0 atom stereocenters. The van der Waals surface area contributed by atoms with E-state index >= 15 is 0 Å². The quantitative estimate of drug-likeness (QED) is 0.852. The van der Waals surface area contributed by atoms with Gasteiger partial charge in [0.15, 0.2) is 0 Å². The van der Waals surface area contributed by atoms with E-state index in [0.717, 1.165) is 30.1 Å². The Morgan fingerprint density at radius 3 is 2.88 bits per heavy atom. The summed E-state index contributed by atoms with van der Waals surface area (Å²) in [6, 6.07) is 7.85. The first-order chi connectivity index (χ1) is 8.29. The van der Waals surface area contributed by atoms with Gasteiger partial charge in [0.25, 0.3) is 0 Å². The zero-order valence-electron chi connectivity index (χ0n) is 9.97. The van der Waals surface area contributed by atoms with Gasteiger partial charge in [-0.1, -0.05) is 6.07 Å². The van der Waals surface area contributed by atoms with Crippen molar-refractivity contribution in [2.75, 3.05) is 7.05 Å². The van der Waals surface area contributed by atoms with Gasteiger partial charge in [-0.3, -0.25) is 9.88 Å². The highest BCUT2D eigenvalue weighted by atomic mass is 16.3. The number of rotatable bonds is 5. The predicted octanol–water partition coefficient (Wildman–Crippen LogP) is 1.77. The maximum Gasteiger partial charge on any atom is 0.122 e. The molecule has 0 fully saturated rings. The molecule has 2 aromatic rings. The molecule has 0 bridgehead atoms. The number of hydrogen-bond donors (Lipinski definition) is 1. The van der Waals surface area contributed by atoms with Gasteiger partial charge < -0.3 is 10.2 Å². The molecule has 0 saturated heterocycles. The van der Waals surface area contributed by atoms with Crippen LogP contribution in [0.4, 0.5) is 0 Å². The van der Waals surface area contributed by atoms with Crippen LogP contribution in [0.3, 0.4) is 0 Å². The molecule has 0 radical (unpaired) electrons. The van der Waals surface area contributed by atoms with Crippen LogP contribution >= 0.6 is 0 Å². The van der Waals surface area contributed by atoms with Crippen molar-refractivity contribution >= 4 is 0 Å². The maximum atomic E-state index is 5.63. The van der Waals surface area contributed by atoms with Crippen LogP contribution in [0.25, 0.3) is 0 Å². The minimum Gasteiger partial charge on any atom is -0.468 e. The Morgan fingerprint density at radius 1 is 1.29 bits per heavy atom. The second kappa shape index (κ2) is 5.61. The third kappa shape index (κ3) is 3.15. The first-order valence-corrected chi connectivity index (χ1v) is 5.63. The van der Waals surface area contributed by atoms with Crippen molar-refractivity contribution in [3.05, 3.63) is 53.7 Å². The molecule has 0 aliphatic carbocycles. The summed E-state index contributed by atoms with van der Waals surface area (Å²) in [5, 5.41) is 0. The fraction of sp³-hybridized carbons (Fsp3) is 0.308. The van der Waals surface area contributed by atoms with Crippen molar-refractivity contribution in [3.63, 3.8) is 0 Å². The van der Waals surface area contributed by atoms with Gasteiger partial charge in [-0.25, -0.2) is 0 Å². The second-order valence-corrected chi connectivity index (χ2v) is 4.07. The molecule has 2 N–H and O–H groups in total. The lowest BCUT2D eigenvalue weighted by Gasteiger charge is -2.15. The molecule has 0 spiro atoms. The summed E-state index contributed by atoms with van der Waals surface area (Å²) in [5.41, 5.74) is 7.75. The Balaban J connectivity index is 1.96. The number of furan rings is 1. The monoisotopic (exact) mass is 231 g/mol. The van der Waals surface area contributed by atoms with Crippen LogP contribution in [0, 0.1) is 0 Å². The summed E-state index contributed by atoms with van der Waals surface area (Å²) in [5.74, 6) is 0.936. The molecule has 0 aliphatic rings. The summed E-state index contributed by atoms with van der Waals surface area (Å²) in [7, 11) is 2.04. The Morgan fingerprint density at radius 2 is 2.18 bits per heavy atom. The topological polar surface area (TPSA) is 55.3 Å². The normalized spacial score (nSPS) is 11.0. The fourth-order valence-electron chi connectivity index (χ4n) is 1.76. The third-order valence-corrected chi connectivity index (χ3v) is 2.63. The number of nitrogens with two attached hydrogens (primary N) is 1. The summed E-state index contributed by atoms with van der Waals surface area (Å²) in [6.07, 6.45) is 3.49. The van der Waals surface area contributed by atoms with Crippen LogP contribution in [0.2, 0.25) is 0 Å². The molecule has 2 rings (SSSR count). The van der Waals surface area contributed by atoms with Crippen LogP contribution in [-0.4, -0.2) is 16.9 Å². The highest BCUT2D eigenvalue weighted by Crippen LogP contribution is 2.13. The Bertz CT molecular complexity index is 453. The van der Waals surface area contributed by atoms with E-state index in [1.807, 2.05) is 31.3 Å². The van der Waals surface area contributed by atoms with Crippen LogP contribution in [0.5, 0.6) is 0 Å². The van der Waals surface area contributed by atoms with Gasteiger partial charge in [0.2, 0.25) is 0 Å². The van der Waals surface area contributed by atoms with Crippen LogP contribution in [0.15, 0.2) is 41.1 Å². The summed E-state index contributed by atoms with van der Waals surface area (Å²) in [6.45, 7) is 2.06. The Kier molecular flexibility index (Phi) is 3.90. The Hall–Kier alpha value is -1.65. The van der Waals surface area contributed by atoms with E-state index in [0.29, 0.717) is 6.54 Å². The van der Waals surface area contributed by atoms with Gasteiger partial charge in [0.05, 0.1) is 18.5 Å². The Labute approximate surface area is 101 Å². The van der Waals surface area contributed by atoms with E-state index in [1.54, 1.807) is 12.5 Å². The highest BCUT2D eigenvalue weighted by molar-refractivity contribution is 5.16. The van der Waals surface area contributed by atoms with E-state index in [2.05, 4.69) is 9.88 Å². The predicted molar refractivity (Wildman–Crippen MR) is 66.0 cm³/mol. The fourth-order valence-corrected chi connectivity index (χ4v) is 1.76. The SMILES string of the molecule is CN(Cc1ccccn1)Cc1occc1CN. The second-order valence-electron chi connectivity index (χ2n) is 4.07. The summed E-state index contributed by atoms with van der Waals surface area (Å²) >= 11 is 0. The van der Waals surface area contributed by atoms with Crippen LogP contribution in [-0.2, 0) is 19.6 Å². The average molecular weight is 231 g/mol. The lowest BCUT2D eigenvalue weighted by atomic mass is 10.2. The average Bonchev–Trinajstić information content (AvgIpc) is 2.77. The smallest absolute Gasteiger partial charge is 0.122 e. The van der Waals surface area contributed by atoms with Crippen molar-refractivity contribution in [2.24, 2.45) is 5.73 Å². The molecular weight excluding hydrogens is 214 g/mol. The molecule has 4 heteroatoms. The van der Waals surface area contributed by atoms with E-state index in [-0.39, 0.29) is 0 Å². The van der Waals surface area contributed by atoms with E-state index < -0.39 is 0 Å². The maximum absolute atomic E-state index is 5.63. The van der Waals surface area contributed by atoms with Crippen molar-refractivity contribution in [1.29, 1.82) is 0 Å². The lowest BCUT2D eigenvalue weighted by Crippen LogP contribution is -2.18. The first-order valence-electron chi connectivity index (χ1n) is 5.63. The van der Waals surface area contributed by atoms with Crippen LogP contribution in [0.1, 0.15) is 17.0 Å². The molecule has 2 heterocycles. The molecule has 0 unspecified atom stereocenters. The van der Waals surface area contributed by atoms with Crippen molar-refractivity contribution in [2.45, 2.75) is 19.6 Å². The number of nitrogens with zero attached hydrogens (tertiary/aromatic N) is 2. The molecule has 2 aromatic heterocycles. The van der Waals surface area contributed by atoms with Crippen molar-refractivity contribution in [1.82, 2.24) is 9.88 Å². The van der Waals surface area contributed by atoms with Crippen molar-refractivity contribution < 1.29 is 4.42 Å². The molecule has 0 aromatic carbocycles. The molecular formula is C13H17N3O. The van der Waals surface area contributed by atoms with Gasteiger partial charge in [0, 0.05) is 24.8 Å². The van der Waals surface area contributed by atoms with Gasteiger partial charge in [-0.2, -0.15) is 0 Å².